The summed E-state index contributed by atoms with van der Waals surface area (Å²) in [6.45, 7) is 3.73. The van der Waals surface area contributed by atoms with Crippen molar-refractivity contribution >= 4 is 66.8 Å². The first-order valence-electron chi connectivity index (χ1n) is 14.0. The lowest BCUT2D eigenvalue weighted by Gasteiger charge is -2.27. The van der Waals surface area contributed by atoms with Gasteiger partial charge in [0.1, 0.15) is 0 Å². The van der Waals surface area contributed by atoms with Crippen LogP contribution in [0.15, 0.2) is 89.9 Å². The molecule has 0 atom stereocenters. The van der Waals surface area contributed by atoms with E-state index in [4.69, 9.17) is 4.99 Å². The van der Waals surface area contributed by atoms with Crippen LogP contribution in [0, 0.1) is 0 Å². The third-order valence-corrected chi connectivity index (χ3v) is 8.08. The number of hydrogen-bond acceptors (Lipinski definition) is 4. The Balaban J connectivity index is 1.12. The van der Waals surface area contributed by atoms with Crippen LogP contribution in [0.5, 0.6) is 0 Å². The molecule has 0 unspecified atom stereocenters. The van der Waals surface area contributed by atoms with Crippen molar-refractivity contribution in [2.75, 3.05) is 25.0 Å². The van der Waals surface area contributed by atoms with Crippen molar-refractivity contribution < 1.29 is 9.59 Å². The third-order valence-electron chi connectivity index (χ3n) is 8.08. The number of rotatable bonds is 8. The van der Waals surface area contributed by atoms with E-state index < -0.39 is 0 Å². The number of anilines is 1. The number of imide groups is 1. The van der Waals surface area contributed by atoms with Gasteiger partial charge in [-0.1, -0.05) is 80.1 Å². The normalized spacial score (nSPS) is 13.6. The Hall–Kier alpha value is -4.77. The molecule has 6 aromatic carbocycles. The predicted octanol–water partition coefficient (Wildman–Crippen LogP) is 7.66. The van der Waals surface area contributed by atoms with Crippen molar-refractivity contribution in [2.45, 2.75) is 19.8 Å². The summed E-state index contributed by atoms with van der Waals surface area (Å²) < 4.78 is 0. The summed E-state index contributed by atoms with van der Waals surface area (Å²) in [5.74, 6) is -0.404. The number of nitrogens with zero attached hydrogens (tertiary/aromatic N) is 2. The molecular weight excluding hydrogens is 494 g/mol. The molecule has 0 saturated carbocycles. The van der Waals surface area contributed by atoms with Crippen LogP contribution >= 0.6 is 0 Å². The molecule has 2 amide bonds. The molecule has 0 aromatic heterocycles. The van der Waals surface area contributed by atoms with E-state index in [1.165, 1.54) is 37.2 Å². The zero-order valence-corrected chi connectivity index (χ0v) is 22.4. The molecule has 0 aliphatic carbocycles. The van der Waals surface area contributed by atoms with E-state index in [2.05, 4.69) is 66.8 Å². The summed E-state index contributed by atoms with van der Waals surface area (Å²) in [7, 11) is 0. The monoisotopic (exact) mass is 523 g/mol. The minimum Gasteiger partial charge on any atom is -0.383 e. The number of carbonyl (C=O) groups is 2. The maximum atomic E-state index is 13.1. The molecule has 1 heterocycles. The van der Waals surface area contributed by atoms with Crippen molar-refractivity contribution in [3.63, 3.8) is 0 Å². The second-order valence-electron chi connectivity index (χ2n) is 10.5. The van der Waals surface area contributed by atoms with Crippen LogP contribution in [-0.4, -0.2) is 42.6 Å². The average molecular weight is 524 g/mol. The molecule has 0 saturated heterocycles. The zero-order chi connectivity index (χ0) is 27.2. The summed E-state index contributed by atoms with van der Waals surface area (Å²) in [6.07, 6.45) is 3.70. The summed E-state index contributed by atoms with van der Waals surface area (Å²) in [5, 5.41) is 12.7. The van der Waals surface area contributed by atoms with E-state index in [0.717, 1.165) is 34.9 Å². The highest BCUT2D eigenvalue weighted by atomic mass is 16.2. The van der Waals surface area contributed by atoms with Gasteiger partial charge in [-0.05, 0) is 56.9 Å². The van der Waals surface area contributed by atoms with Crippen LogP contribution in [0.3, 0.4) is 0 Å². The number of aliphatic imine (C=N–C) groups is 1. The standard InChI is InChI=1S/C35H29N3O2/c1-2-3-20-38-34(39)28-9-5-8-27-30(17-16-29(33(27)28)35(38)40)37-19-18-36-21-25-13-12-24-11-10-22-6-4-7-23-14-15-26(25)32(24)31(22)23/h4-17,21,37H,2-3,18-20H2,1H3. The van der Waals surface area contributed by atoms with Crippen LogP contribution in [-0.2, 0) is 0 Å². The van der Waals surface area contributed by atoms with Crippen LogP contribution in [0.25, 0.3) is 43.1 Å². The first kappa shape index (κ1) is 24.3. The van der Waals surface area contributed by atoms with Gasteiger partial charge in [-0.15, -0.1) is 0 Å². The highest BCUT2D eigenvalue weighted by Gasteiger charge is 2.32. The van der Waals surface area contributed by atoms with Gasteiger partial charge in [0.15, 0.2) is 0 Å². The topological polar surface area (TPSA) is 61.8 Å². The fourth-order valence-electron chi connectivity index (χ4n) is 6.11. The molecule has 0 spiro atoms. The molecule has 0 bridgehead atoms. The average Bonchev–Trinajstić information content (AvgIpc) is 2.99. The number of hydrogen-bond donors (Lipinski definition) is 1. The highest BCUT2D eigenvalue weighted by molar-refractivity contribution is 6.27. The summed E-state index contributed by atoms with van der Waals surface area (Å²) in [4.78, 5) is 32.4. The van der Waals surface area contributed by atoms with Crippen LogP contribution < -0.4 is 5.32 Å². The van der Waals surface area contributed by atoms with Gasteiger partial charge >= 0.3 is 0 Å². The van der Waals surface area contributed by atoms with E-state index in [9.17, 15) is 9.59 Å². The van der Waals surface area contributed by atoms with E-state index in [0.29, 0.717) is 30.8 Å². The molecule has 5 nitrogen and oxygen atoms in total. The SMILES string of the molecule is CCCCN1C(=O)c2cccc3c(NCCN=Cc4ccc5ccc6cccc7ccc4c5c67)ccc(c23)C1=O. The first-order valence-corrected chi connectivity index (χ1v) is 14.0. The molecule has 196 valence electrons. The summed E-state index contributed by atoms with van der Waals surface area (Å²) in [5.41, 5.74) is 3.20. The van der Waals surface area contributed by atoms with E-state index >= 15 is 0 Å². The lowest BCUT2D eigenvalue weighted by molar-refractivity contribution is 0.0608. The number of unbranched alkanes of at least 4 members (excludes halogenated alkanes) is 1. The minimum atomic E-state index is -0.202. The molecule has 0 radical (unpaired) electrons. The maximum absolute atomic E-state index is 13.1. The Morgan fingerprint density at radius 2 is 1.43 bits per heavy atom. The zero-order valence-electron chi connectivity index (χ0n) is 22.4. The Kier molecular flexibility index (Phi) is 5.93. The van der Waals surface area contributed by atoms with Crippen molar-refractivity contribution in [3.05, 3.63) is 102 Å². The molecule has 1 N–H and O–H groups in total. The van der Waals surface area contributed by atoms with Crippen LogP contribution in [0.2, 0.25) is 0 Å². The first-order chi connectivity index (χ1) is 19.7. The smallest absolute Gasteiger partial charge is 0.261 e. The highest BCUT2D eigenvalue weighted by Crippen LogP contribution is 2.36. The molecule has 1 aliphatic rings. The fraction of sp³-hybridized carbons (Fsp3) is 0.171. The molecule has 5 heteroatoms. The lowest BCUT2D eigenvalue weighted by atomic mass is 9.92. The Bertz CT molecular complexity index is 1940. The van der Waals surface area contributed by atoms with Gasteiger partial charge in [-0.3, -0.25) is 19.5 Å². The molecule has 40 heavy (non-hydrogen) atoms. The van der Waals surface area contributed by atoms with Gasteiger partial charge in [0.2, 0.25) is 0 Å². The van der Waals surface area contributed by atoms with Crippen molar-refractivity contribution in [3.8, 4) is 0 Å². The van der Waals surface area contributed by atoms with Crippen LogP contribution in [0.1, 0.15) is 46.0 Å². The Morgan fingerprint density at radius 1 is 0.725 bits per heavy atom. The van der Waals surface area contributed by atoms with Gasteiger partial charge in [0.05, 0.1) is 6.54 Å². The molecule has 0 fully saturated rings. The van der Waals surface area contributed by atoms with Crippen molar-refractivity contribution in [2.24, 2.45) is 4.99 Å². The third kappa shape index (κ3) is 3.81. The van der Waals surface area contributed by atoms with E-state index in [-0.39, 0.29) is 11.8 Å². The Morgan fingerprint density at radius 3 is 2.23 bits per heavy atom. The van der Waals surface area contributed by atoms with Gasteiger partial charge in [0, 0.05) is 52.5 Å². The van der Waals surface area contributed by atoms with Gasteiger partial charge in [-0.25, -0.2) is 0 Å². The van der Waals surface area contributed by atoms with Crippen molar-refractivity contribution in [1.29, 1.82) is 0 Å². The summed E-state index contributed by atoms with van der Waals surface area (Å²) >= 11 is 0. The van der Waals surface area contributed by atoms with Crippen LogP contribution in [0.4, 0.5) is 5.69 Å². The predicted molar refractivity (Wildman–Crippen MR) is 165 cm³/mol. The lowest BCUT2D eigenvalue weighted by Crippen LogP contribution is -2.40. The van der Waals surface area contributed by atoms with Gasteiger partial charge in [-0.2, -0.15) is 0 Å². The fourth-order valence-corrected chi connectivity index (χ4v) is 6.11. The molecule has 6 aromatic rings. The molecule has 1 aliphatic heterocycles. The minimum absolute atomic E-state index is 0.202. The van der Waals surface area contributed by atoms with E-state index in [1.54, 1.807) is 0 Å². The molecular formula is C35H29N3O2. The van der Waals surface area contributed by atoms with E-state index in [1.807, 2.05) is 36.5 Å². The quantitative estimate of drug-likeness (QED) is 0.0964. The van der Waals surface area contributed by atoms with Gasteiger partial charge < -0.3 is 5.32 Å². The number of amides is 2. The maximum Gasteiger partial charge on any atom is 0.261 e. The van der Waals surface area contributed by atoms with Gasteiger partial charge in [0.25, 0.3) is 11.8 Å². The number of nitrogens with one attached hydrogen (secondary N) is 1. The summed E-state index contributed by atoms with van der Waals surface area (Å²) in [6, 6.07) is 29.0. The second kappa shape index (κ2) is 9.76. The second-order valence-corrected chi connectivity index (χ2v) is 10.5. The molecule has 7 rings (SSSR count). The Labute approximate surface area is 232 Å². The largest absolute Gasteiger partial charge is 0.383 e. The number of benzene rings is 6. The van der Waals surface area contributed by atoms with Crippen molar-refractivity contribution in [1.82, 2.24) is 4.90 Å². The number of carbonyl (C=O) groups excluding carboxylic acids is 2.